The molecule has 2 rings (SSSR count). The third kappa shape index (κ3) is 3.24. The molecular formula is C14H15F3N2O4S. The number of aromatic nitrogens is 1. The Morgan fingerprint density at radius 3 is 2.58 bits per heavy atom. The molecule has 0 aliphatic heterocycles. The van der Waals surface area contributed by atoms with E-state index < -0.39 is 17.9 Å². The molecule has 0 amide bonds. The molecule has 1 unspecified atom stereocenters. The Bertz CT molecular complexity index is 734. The van der Waals surface area contributed by atoms with Crippen molar-refractivity contribution in [1.82, 2.24) is 4.98 Å². The van der Waals surface area contributed by atoms with Gasteiger partial charge in [0.1, 0.15) is 5.75 Å². The van der Waals surface area contributed by atoms with Gasteiger partial charge in [0.05, 0.1) is 23.9 Å². The van der Waals surface area contributed by atoms with Crippen LogP contribution in [0.3, 0.4) is 0 Å². The minimum atomic E-state index is -5.05. The van der Waals surface area contributed by atoms with E-state index in [-0.39, 0.29) is 5.13 Å². The van der Waals surface area contributed by atoms with Crippen molar-refractivity contribution in [3.63, 3.8) is 0 Å². The van der Waals surface area contributed by atoms with Gasteiger partial charge < -0.3 is 19.5 Å². The van der Waals surface area contributed by atoms with E-state index in [4.69, 9.17) is 4.74 Å². The second kappa shape index (κ2) is 6.81. The molecule has 1 atom stereocenters. The first-order valence-corrected chi connectivity index (χ1v) is 7.61. The fraction of sp³-hybridized carbons (Fsp3) is 0.429. The lowest BCUT2D eigenvalue weighted by Crippen LogP contribution is -2.60. The fourth-order valence-corrected chi connectivity index (χ4v) is 2.94. The minimum absolute atomic E-state index is 0.136. The Morgan fingerprint density at radius 2 is 2.04 bits per heavy atom. The maximum absolute atomic E-state index is 13.4. The van der Waals surface area contributed by atoms with Crippen molar-refractivity contribution in [2.24, 2.45) is 0 Å². The second-order valence-electron chi connectivity index (χ2n) is 4.58. The topological polar surface area (TPSA) is 69.7 Å². The number of carbonyl (C=O) groups excluding carboxylic acids is 1. The summed E-state index contributed by atoms with van der Waals surface area (Å²) < 4.78 is 54.8. The zero-order valence-corrected chi connectivity index (χ0v) is 13.9. The summed E-state index contributed by atoms with van der Waals surface area (Å²) >= 11 is 0.934. The molecule has 0 aliphatic carbocycles. The molecule has 1 heterocycles. The van der Waals surface area contributed by atoms with Crippen LogP contribution in [0.2, 0.25) is 0 Å². The number of thiazole rings is 1. The van der Waals surface area contributed by atoms with Crippen molar-refractivity contribution >= 4 is 32.7 Å². The normalized spacial score (nSPS) is 14.2. The molecular weight excluding hydrogens is 349 g/mol. The van der Waals surface area contributed by atoms with E-state index in [2.05, 4.69) is 14.5 Å². The number of hydrogen-bond acceptors (Lipinski definition) is 7. The molecule has 1 aromatic heterocycles. The fourth-order valence-electron chi connectivity index (χ4n) is 2.00. The largest absolute Gasteiger partial charge is 0.494 e. The summed E-state index contributed by atoms with van der Waals surface area (Å²) in [6, 6.07) is 4.92. The highest BCUT2D eigenvalue weighted by atomic mass is 32.1. The molecule has 0 saturated heterocycles. The number of esters is 1. The van der Waals surface area contributed by atoms with Crippen LogP contribution in [-0.4, -0.2) is 43.7 Å². The molecule has 0 spiro atoms. The van der Waals surface area contributed by atoms with E-state index in [9.17, 15) is 18.0 Å². The molecule has 0 fully saturated rings. The number of rotatable bonds is 6. The van der Waals surface area contributed by atoms with E-state index in [1.165, 1.54) is 0 Å². The van der Waals surface area contributed by atoms with E-state index in [0.29, 0.717) is 22.6 Å². The van der Waals surface area contributed by atoms with Crippen molar-refractivity contribution in [2.75, 3.05) is 26.1 Å². The highest BCUT2D eigenvalue weighted by molar-refractivity contribution is 7.22. The number of nitrogens with one attached hydrogen (secondary N) is 1. The van der Waals surface area contributed by atoms with Gasteiger partial charge in [0.2, 0.25) is 0 Å². The van der Waals surface area contributed by atoms with Gasteiger partial charge in [-0.15, -0.1) is 0 Å². The number of halogens is 3. The van der Waals surface area contributed by atoms with Crippen LogP contribution >= 0.6 is 11.3 Å². The summed E-state index contributed by atoms with van der Waals surface area (Å²) in [4.78, 5) is 15.7. The lowest BCUT2D eigenvalue weighted by atomic mass is 10.2. The highest BCUT2D eigenvalue weighted by Crippen LogP contribution is 2.38. The van der Waals surface area contributed by atoms with Gasteiger partial charge in [-0.2, -0.15) is 13.2 Å². The number of carbonyl (C=O) groups is 1. The highest BCUT2D eigenvalue weighted by Gasteiger charge is 2.63. The number of hydrogen-bond donors (Lipinski definition) is 1. The zero-order chi connectivity index (χ0) is 18.0. The van der Waals surface area contributed by atoms with Gasteiger partial charge in [-0.3, -0.25) is 0 Å². The van der Waals surface area contributed by atoms with Crippen LogP contribution < -0.4 is 10.1 Å². The van der Waals surface area contributed by atoms with Crippen molar-refractivity contribution in [3.05, 3.63) is 18.2 Å². The molecule has 0 bridgehead atoms. The number of methoxy groups -OCH3 is 2. The maximum Gasteiger partial charge on any atom is 0.448 e. The minimum Gasteiger partial charge on any atom is -0.494 e. The molecule has 0 aliphatic rings. The third-order valence-electron chi connectivity index (χ3n) is 3.13. The van der Waals surface area contributed by atoms with Crippen LogP contribution in [0.5, 0.6) is 5.75 Å². The van der Waals surface area contributed by atoms with Crippen molar-refractivity contribution in [2.45, 2.75) is 18.8 Å². The molecule has 132 valence electrons. The van der Waals surface area contributed by atoms with Crippen LogP contribution in [0, 0.1) is 0 Å². The SMILES string of the molecule is CCOc1ccc2nc(NC(OC)(C(=O)OC)C(F)(F)F)sc2c1. The summed E-state index contributed by atoms with van der Waals surface area (Å²) in [5, 5.41) is 1.88. The summed E-state index contributed by atoms with van der Waals surface area (Å²) in [5.41, 5.74) is -2.87. The van der Waals surface area contributed by atoms with Crippen LogP contribution in [0.1, 0.15) is 6.92 Å². The van der Waals surface area contributed by atoms with Gasteiger partial charge in [0.25, 0.3) is 0 Å². The summed E-state index contributed by atoms with van der Waals surface area (Å²) in [6.45, 7) is 2.27. The molecule has 0 saturated carbocycles. The molecule has 1 N–H and O–H groups in total. The van der Waals surface area contributed by atoms with Crippen LogP contribution in [0.4, 0.5) is 18.3 Å². The molecule has 1 aromatic carbocycles. The number of ether oxygens (including phenoxy) is 3. The quantitative estimate of drug-likeness (QED) is 0.627. The van der Waals surface area contributed by atoms with Gasteiger partial charge >= 0.3 is 17.9 Å². The van der Waals surface area contributed by atoms with Crippen LogP contribution in [0.15, 0.2) is 18.2 Å². The predicted molar refractivity (Wildman–Crippen MR) is 82.2 cm³/mol. The Hall–Kier alpha value is -2.07. The van der Waals surface area contributed by atoms with Crippen LogP contribution in [-0.2, 0) is 14.3 Å². The number of nitrogens with zero attached hydrogens (tertiary/aromatic N) is 1. The Balaban J connectivity index is 2.42. The first-order chi connectivity index (χ1) is 11.3. The van der Waals surface area contributed by atoms with Crippen LogP contribution in [0.25, 0.3) is 10.2 Å². The average molecular weight is 364 g/mol. The standard InChI is InChI=1S/C14H15F3N2O4S/c1-4-23-8-5-6-9-10(7-8)24-12(18-9)19-13(22-3,11(20)21-2)14(15,16)17/h5-7H,4H2,1-3H3,(H,18,19). The monoisotopic (exact) mass is 364 g/mol. The van der Waals surface area contributed by atoms with Crippen molar-refractivity contribution < 1.29 is 32.2 Å². The number of benzene rings is 1. The molecule has 10 heteroatoms. The predicted octanol–water partition coefficient (Wildman–Crippen LogP) is 3.18. The molecule has 0 radical (unpaired) electrons. The second-order valence-corrected chi connectivity index (χ2v) is 5.61. The average Bonchev–Trinajstić information content (AvgIpc) is 2.92. The third-order valence-corrected chi connectivity index (χ3v) is 4.07. The maximum atomic E-state index is 13.4. The van der Waals surface area contributed by atoms with Gasteiger partial charge in [-0.1, -0.05) is 11.3 Å². The van der Waals surface area contributed by atoms with Gasteiger partial charge in [0, 0.05) is 7.11 Å². The first kappa shape index (κ1) is 18.3. The summed E-state index contributed by atoms with van der Waals surface area (Å²) in [7, 11) is 1.61. The lowest BCUT2D eigenvalue weighted by Gasteiger charge is -2.31. The van der Waals surface area contributed by atoms with Gasteiger partial charge in [-0.05, 0) is 25.1 Å². The number of anilines is 1. The van der Waals surface area contributed by atoms with Crippen molar-refractivity contribution in [3.8, 4) is 5.75 Å². The Kier molecular flexibility index (Phi) is 5.19. The molecule has 2 aromatic rings. The van der Waals surface area contributed by atoms with Gasteiger partial charge in [0.15, 0.2) is 5.13 Å². The van der Waals surface area contributed by atoms with E-state index in [1.54, 1.807) is 18.2 Å². The van der Waals surface area contributed by atoms with E-state index in [0.717, 1.165) is 25.6 Å². The zero-order valence-electron chi connectivity index (χ0n) is 13.1. The van der Waals surface area contributed by atoms with E-state index >= 15 is 0 Å². The lowest BCUT2D eigenvalue weighted by molar-refractivity contribution is -0.259. The summed E-state index contributed by atoms with van der Waals surface area (Å²) in [5.74, 6) is -1.05. The molecule has 6 nitrogen and oxygen atoms in total. The smallest absolute Gasteiger partial charge is 0.448 e. The molecule has 24 heavy (non-hydrogen) atoms. The van der Waals surface area contributed by atoms with Crippen molar-refractivity contribution in [1.29, 1.82) is 0 Å². The van der Waals surface area contributed by atoms with E-state index in [1.807, 2.05) is 12.2 Å². The summed E-state index contributed by atoms with van der Waals surface area (Å²) in [6.07, 6.45) is -5.05. The Labute approximate surface area is 139 Å². The number of fused-ring (bicyclic) bond motifs is 1. The first-order valence-electron chi connectivity index (χ1n) is 6.79. The number of alkyl halides is 3. The van der Waals surface area contributed by atoms with Gasteiger partial charge in [-0.25, -0.2) is 9.78 Å². The Morgan fingerprint density at radius 1 is 1.33 bits per heavy atom.